The molecular formula is C14H13N3O3. The molecule has 1 unspecified atom stereocenters. The van der Waals surface area contributed by atoms with E-state index in [0.717, 1.165) is 18.4 Å². The van der Waals surface area contributed by atoms with Gasteiger partial charge in [-0.3, -0.25) is 9.69 Å². The van der Waals surface area contributed by atoms with Gasteiger partial charge in [0.25, 0.3) is 5.91 Å². The van der Waals surface area contributed by atoms with Crippen molar-refractivity contribution < 1.29 is 14.4 Å². The van der Waals surface area contributed by atoms with Crippen LogP contribution in [-0.4, -0.2) is 40.4 Å². The second-order valence-corrected chi connectivity index (χ2v) is 4.93. The molecule has 102 valence electrons. The topological polar surface area (TPSA) is 70.1 Å². The molecule has 3 rings (SSSR count). The van der Waals surface area contributed by atoms with Gasteiger partial charge < -0.3 is 4.90 Å². The van der Waals surface area contributed by atoms with E-state index in [4.69, 9.17) is 0 Å². The number of urea groups is 1. The largest absolute Gasteiger partial charge is 0.327 e. The minimum Gasteiger partial charge on any atom is -0.312 e. The lowest BCUT2D eigenvalue weighted by Gasteiger charge is -2.15. The Morgan fingerprint density at radius 1 is 1.25 bits per heavy atom. The highest BCUT2D eigenvalue weighted by Crippen LogP contribution is 2.28. The predicted molar refractivity (Wildman–Crippen MR) is 69.9 cm³/mol. The van der Waals surface area contributed by atoms with Crippen molar-refractivity contribution in [2.75, 3.05) is 6.54 Å². The van der Waals surface area contributed by atoms with Gasteiger partial charge in [-0.1, -0.05) is 12.1 Å². The van der Waals surface area contributed by atoms with Gasteiger partial charge in [0.1, 0.15) is 6.04 Å². The van der Waals surface area contributed by atoms with E-state index in [1.807, 2.05) is 0 Å². The zero-order valence-electron chi connectivity index (χ0n) is 10.8. The van der Waals surface area contributed by atoms with Crippen molar-refractivity contribution in [3.05, 3.63) is 29.8 Å². The minimum absolute atomic E-state index is 0.109. The quantitative estimate of drug-likeness (QED) is 0.476. The number of benzene rings is 1. The third kappa shape index (κ3) is 2.00. The van der Waals surface area contributed by atoms with E-state index in [2.05, 4.69) is 4.99 Å². The molecule has 1 aromatic carbocycles. The molecule has 6 nitrogen and oxygen atoms in total. The Morgan fingerprint density at radius 2 is 2.00 bits per heavy atom. The van der Waals surface area contributed by atoms with Gasteiger partial charge >= 0.3 is 6.03 Å². The van der Waals surface area contributed by atoms with Crippen LogP contribution in [0.4, 0.5) is 10.5 Å². The Kier molecular flexibility index (Phi) is 3.08. The molecule has 2 heterocycles. The van der Waals surface area contributed by atoms with Crippen LogP contribution in [0.25, 0.3) is 0 Å². The number of isocyanates is 1. The van der Waals surface area contributed by atoms with E-state index in [1.54, 1.807) is 29.2 Å². The van der Waals surface area contributed by atoms with E-state index >= 15 is 0 Å². The molecular weight excluding hydrogens is 258 g/mol. The minimum atomic E-state index is -0.263. The lowest BCUT2D eigenvalue weighted by molar-refractivity contribution is -0.128. The van der Waals surface area contributed by atoms with Crippen molar-refractivity contribution >= 4 is 23.7 Å². The summed E-state index contributed by atoms with van der Waals surface area (Å²) in [5.74, 6) is -0.109. The summed E-state index contributed by atoms with van der Waals surface area (Å²) in [5, 5.41) is 0. The summed E-state index contributed by atoms with van der Waals surface area (Å²) in [5.41, 5.74) is 1.33. The summed E-state index contributed by atoms with van der Waals surface area (Å²) in [6.45, 7) is 0.925. The number of fused-ring (bicyclic) bond motifs is 1. The molecule has 2 fully saturated rings. The first-order chi connectivity index (χ1) is 9.70. The average Bonchev–Trinajstić information content (AvgIpc) is 3.01. The molecule has 0 radical (unpaired) electrons. The number of imide groups is 1. The van der Waals surface area contributed by atoms with Crippen molar-refractivity contribution in [2.45, 2.75) is 25.4 Å². The van der Waals surface area contributed by atoms with Gasteiger partial charge in [-0.25, -0.2) is 9.59 Å². The van der Waals surface area contributed by atoms with Crippen LogP contribution in [-0.2, 0) is 16.1 Å². The van der Waals surface area contributed by atoms with Crippen LogP contribution in [0.5, 0.6) is 0 Å². The first-order valence-corrected chi connectivity index (χ1v) is 6.49. The molecule has 20 heavy (non-hydrogen) atoms. The van der Waals surface area contributed by atoms with E-state index in [0.29, 0.717) is 12.2 Å². The second kappa shape index (κ2) is 4.90. The standard InChI is InChI=1S/C14H13N3O3/c18-9-15-11-5-3-10(4-6-11)8-17-13(19)12-2-1-7-16(12)14(17)20/h3-6,12H,1-2,7-8H2. The SMILES string of the molecule is O=C=Nc1ccc(CN2C(=O)C3CCCN3C2=O)cc1. The van der Waals surface area contributed by atoms with Gasteiger partial charge in [-0.15, -0.1) is 0 Å². The Morgan fingerprint density at radius 3 is 2.65 bits per heavy atom. The van der Waals surface area contributed by atoms with Crippen LogP contribution in [0.3, 0.4) is 0 Å². The smallest absolute Gasteiger partial charge is 0.312 e. The summed E-state index contributed by atoms with van der Waals surface area (Å²) >= 11 is 0. The summed E-state index contributed by atoms with van der Waals surface area (Å²) < 4.78 is 0. The fourth-order valence-corrected chi connectivity index (χ4v) is 2.74. The van der Waals surface area contributed by atoms with Crippen molar-refractivity contribution in [3.63, 3.8) is 0 Å². The summed E-state index contributed by atoms with van der Waals surface area (Å²) in [6.07, 6.45) is 3.12. The van der Waals surface area contributed by atoms with Crippen LogP contribution in [0.2, 0.25) is 0 Å². The van der Waals surface area contributed by atoms with E-state index in [1.165, 1.54) is 11.0 Å². The number of amides is 3. The molecule has 6 heteroatoms. The number of rotatable bonds is 3. The molecule has 2 aliphatic rings. The van der Waals surface area contributed by atoms with E-state index in [9.17, 15) is 14.4 Å². The van der Waals surface area contributed by atoms with Gasteiger partial charge in [0, 0.05) is 6.54 Å². The highest BCUT2D eigenvalue weighted by molar-refractivity contribution is 6.04. The molecule has 0 N–H and O–H groups in total. The zero-order valence-corrected chi connectivity index (χ0v) is 10.8. The lowest BCUT2D eigenvalue weighted by atomic mass is 10.2. The van der Waals surface area contributed by atoms with Crippen molar-refractivity contribution in [1.29, 1.82) is 0 Å². The molecule has 0 bridgehead atoms. The monoisotopic (exact) mass is 271 g/mol. The predicted octanol–water partition coefficient (Wildman–Crippen LogP) is 1.58. The molecule has 3 amide bonds. The maximum absolute atomic E-state index is 12.2. The summed E-state index contributed by atoms with van der Waals surface area (Å²) in [6, 6.07) is 6.35. The number of carbonyl (C=O) groups is 2. The zero-order chi connectivity index (χ0) is 14.1. The van der Waals surface area contributed by atoms with Gasteiger partial charge in [0.05, 0.1) is 12.2 Å². The summed E-state index contributed by atoms with van der Waals surface area (Å²) in [7, 11) is 0. The molecule has 0 aliphatic carbocycles. The van der Waals surface area contributed by atoms with Crippen molar-refractivity contribution in [1.82, 2.24) is 9.80 Å². The Hall–Kier alpha value is -2.46. The van der Waals surface area contributed by atoms with Gasteiger partial charge in [0.2, 0.25) is 6.08 Å². The fraction of sp³-hybridized carbons (Fsp3) is 0.357. The third-order valence-electron chi connectivity index (χ3n) is 3.73. The van der Waals surface area contributed by atoms with Gasteiger partial charge in [-0.05, 0) is 30.5 Å². The average molecular weight is 271 g/mol. The number of hydrogen-bond donors (Lipinski definition) is 0. The molecule has 1 aromatic rings. The Bertz CT molecular complexity index is 583. The number of aliphatic imine (C=N–C) groups is 1. The number of nitrogens with zero attached hydrogens (tertiary/aromatic N) is 3. The molecule has 1 atom stereocenters. The normalized spacial score (nSPS) is 21.1. The van der Waals surface area contributed by atoms with E-state index < -0.39 is 0 Å². The second-order valence-electron chi connectivity index (χ2n) is 4.93. The van der Waals surface area contributed by atoms with Crippen LogP contribution >= 0.6 is 0 Å². The van der Waals surface area contributed by atoms with Crippen LogP contribution in [0.1, 0.15) is 18.4 Å². The van der Waals surface area contributed by atoms with Crippen LogP contribution in [0, 0.1) is 0 Å². The van der Waals surface area contributed by atoms with Gasteiger partial charge in [-0.2, -0.15) is 4.99 Å². The lowest BCUT2D eigenvalue weighted by Crippen LogP contribution is -2.32. The van der Waals surface area contributed by atoms with Crippen molar-refractivity contribution in [2.24, 2.45) is 4.99 Å². The Balaban J connectivity index is 1.76. The molecule has 0 spiro atoms. The van der Waals surface area contributed by atoms with Crippen LogP contribution < -0.4 is 0 Å². The first-order valence-electron chi connectivity index (χ1n) is 6.49. The third-order valence-corrected chi connectivity index (χ3v) is 3.73. The molecule has 0 aromatic heterocycles. The van der Waals surface area contributed by atoms with Crippen LogP contribution in [0.15, 0.2) is 29.3 Å². The summed E-state index contributed by atoms with van der Waals surface area (Å²) in [4.78, 5) is 40.9. The van der Waals surface area contributed by atoms with Gasteiger partial charge in [0.15, 0.2) is 0 Å². The number of carbonyl (C=O) groups excluding carboxylic acids is 3. The van der Waals surface area contributed by atoms with E-state index in [-0.39, 0.29) is 24.5 Å². The maximum atomic E-state index is 12.2. The molecule has 2 saturated heterocycles. The molecule has 2 aliphatic heterocycles. The maximum Gasteiger partial charge on any atom is 0.327 e. The van der Waals surface area contributed by atoms with Crippen molar-refractivity contribution in [3.8, 4) is 0 Å². The molecule has 0 saturated carbocycles. The highest BCUT2D eigenvalue weighted by Gasteiger charge is 2.47. The number of hydrogen-bond acceptors (Lipinski definition) is 4. The Labute approximate surface area is 115 Å². The first kappa shape index (κ1) is 12.6. The highest BCUT2D eigenvalue weighted by atomic mass is 16.2. The fourth-order valence-electron chi connectivity index (χ4n) is 2.74.